The molecule has 0 amide bonds. The highest BCUT2D eigenvalue weighted by atomic mass is 32.2. The van der Waals surface area contributed by atoms with Crippen LogP contribution in [-0.2, 0) is 9.84 Å². The van der Waals surface area contributed by atoms with E-state index in [4.69, 9.17) is 0 Å². The van der Waals surface area contributed by atoms with Gasteiger partial charge in [-0.1, -0.05) is 13.8 Å². The van der Waals surface area contributed by atoms with Gasteiger partial charge in [-0.15, -0.1) is 0 Å². The fourth-order valence-corrected chi connectivity index (χ4v) is 2.14. The van der Waals surface area contributed by atoms with Crippen LogP contribution in [0.2, 0.25) is 0 Å². The topological polar surface area (TPSA) is 34.1 Å². The number of hydrogen-bond donors (Lipinski definition) is 0. The lowest BCUT2D eigenvalue weighted by Gasteiger charge is -2.09. The molecule has 0 unspecified atom stereocenters. The molecule has 0 aliphatic rings. The fraction of sp³-hybridized carbons (Fsp3) is 0.500. The molecule has 0 fully saturated rings. The molecule has 5 heteroatoms. The molecule has 1 rings (SSSR count). The van der Waals surface area contributed by atoms with Crippen LogP contribution in [0.5, 0.6) is 0 Å². The third kappa shape index (κ3) is 3.49. The average Bonchev–Trinajstić information content (AvgIpc) is 2.27. The summed E-state index contributed by atoms with van der Waals surface area (Å²) in [6, 6.07) is 1.71. The molecule has 0 radical (unpaired) electrons. The number of sulfone groups is 1. The van der Waals surface area contributed by atoms with E-state index in [1.807, 2.05) is 13.8 Å². The Hall–Kier alpha value is -0.970. The lowest BCUT2D eigenvalue weighted by atomic mass is 10.2. The van der Waals surface area contributed by atoms with Crippen molar-refractivity contribution in [2.24, 2.45) is 0 Å². The maximum Gasteiger partial charge on any atom is 0.180 e. The Morgan fingerprint density at radius 1 is 1.06 bits per heavy atom. The van der Waals surface area contributed by atoms with E-state index in [0.29, 0.717) is 0 Å². The maximum atomic E-state index is 13.1. The van der Waals surface area contributed by atoms with Crippen LogP contribution in [0.3, 0.4) is 0 Å². The van der Waals surface area contributed by atoms with Crippen LogP contribution in [0.4, 0.5) is 8.78 Å². The van der Waals surface area contributed by atoms with Crippen LogP contribution in [0.25, 0.3) is 0 Å². The van der Waals surface area contributed by atoms with Gasteiger partial charge in [-0.2, -0.15) is 0 Å². The molecule has 0 bridgehead atoms. The van der Waals surface area contributed by atoms with Crippen molar-refractivity contribution in [2.75, 3.05) is 0 Å². The van der Waals surface area contributed by atoms with Gasteiger partial charge < -0.3 is 0 Å². The summed E-state index contributed by atoms with van der Waals surface area (Å²) in [6.45, 7) is 8.19. The highest BCUT2D eigenvalue weighted by Crippen LogP contribution is 2.21. The molecule has 2 nitrogen and oxygen atoms in total. The third-order valence-electron chi connectivity index (χ3n) is 2.20. The van der Waals surface area contributed by atoms with Gasteiger partial charge in [0, 0.05) is 5.56 Å². The molecule has 0 heterocycles. The quantitative estimate of drug-likeness (QED) is 0.819. The third-order valence-corrected chi connectivity index (χ3v) is 4.34. The second kappa shape index (κ2) is 6.10. The predicted octanol–water partition coefficient (Wildman–Crippen LogP) is 3.48. The minimum Gasteiger partial charge on any atom is -0.223 e. The molecule has 0 spiro atoms. The van der Waals surface area contributed by atoms with Gasteiger partial charge in [0.1, 0.15) is 11.6 Å². The van der Waals surface area contributed by atoms with Gasteiger partial charge >= 0.3 is 0 Å². The lowest BCUT2D eigenvalue weighted by molar-refractivity contribution is 0.553. The molecule has 0 saturated carbocycles. The van der Waals surface area contributed by atoms with E-state index in [-0.39, 0.29) is 10.5 Å². The van der Waals surface area contributed by atoms with Gasteiger partial charge in [0.2, 0.25) is 0 Å². The van der Waals surface area contributed by atoms with Crippen molar-refractivity contribution in [1.82, 2.24) is 0 Å². The first-order valence-corrected chi connectivity index (χ1v) is 7.01. The fourth-order valence-electron chi connectivity index (χ4n) is 1.06. The second-order valence-corrected chi connectivity index (χ2v) is 6.11. The minimum absolute atomic E-state index is 0.169. The molecule has 98 valence electrons. The van der Waals surface area contributed by atoms with E-state index < -0.39 is 26.7 Å². The SMILES string of the molecule is CC.Cc1c(F)cc(S(=O)(=O)C(C)C)cc1F. The van der Waals surface area contributed by atoms with Gasteiger partial charge in [0.25, 0.3) is 0 Å². The Morgan fingerprint density at radius 2 is 1.41 bits per heavy atom. The van der Waals surface area contributed by atoms with Gasteiger partial charge in [-0.05, 0) is 32.9 Å². The van der Waals surface area contributed by atoms with Crippen LogP contribution in [0, 0.1) is 18.6 Å². The largest absolute Gasteiger partial charge is 0.223 e. The predicted molar refractivity (Wildman–Crippen MR) is 64.8 cm³/mol. The summed E-state index contributed by atoms with van der Waals surface area (Å²) in [5, 5.41) is -0.695. The van der Waals surface area contributed by atoms with Crippen molar-refractivity contribution in [3.05, 3.63) is 29.3 Å². The summed E-state index contributed by atoms with van der Waals surface area (Å²) in [6.07, 6.45) is 0. The van der Waals surface area contributed by atoms with E-state index in [1.54, 1.807) is 0 Å². The molecule has 0 saturated heterocycles. The van der Waals surface area contributed by atoms with Crippen LogP contribution >= 0.6 is 0 Å². The molecular weight excluding hydrogens is 246 g/mol. The Balaban J connectivity index is 0.00000121. The number of halogens is 2. The summed E-state index contributed by atoms with van der Waals surface area (Å²) in [7, 11) is -3.62. The molecule has 0 atom stereocenters. The Morgan fingerprint density at radius 3 is 1.71 bits per heavy atom. The molecule has 0 aliphatic heterocycles. The molecule has 1 aromatic carbocycles. The summed E-state index contributed by atoms with van der Waals surface area (Å²) in [5.41, 5.74) is -0.169. The van der Waals surface area contributed by atoms with Crippen molar-refractivity contribution < 1.29 is 17.2 Å². The standard InChI is InChI=1S/C10H12F2O2S.C2H6/c1-6(2)15(13,14)8-4-9(11)7(3)10(12)5-8;1-2/h4-6H,1-3H3;1-2H3. The van der Waals surface area contributed by atoms with E-state index in [1.165, 1.54) is 20.8 Å². The normalized spacial score (nSPS) is 11.1. The monoisotopic (exact) mass is 264 g/mol. The Kier molecular flexibility index (Phi) is 5.75. The smallest absolute Gasteiger partial charge is 0.180 e. The molecule has 0 aliphatic carbocycles. The van der Waals surface area contributed by atoms with Crippen molar-refractivity contribution in [2.45, 2.75) is 44.8 Å². The van der Waals surface area contributed by atoms with Crippen molar-refractivity contribution in [3.8, 4) is 0 Å². The highest BCUT2D eigenvalue weighted by Gasteiger charge is 2.21. The summed E-state index contributed by atoms with van der Waals surface area (Å²) >= 11 is 0. The van der Waals surface area contributed by atoms with Crippen LogP contribution in [0.1, 0.15) is 33.3 Å². The summed E-state index contributed by atoms with van der Waals surface area (Å²) < 4.78 is 49.5. The van der Waals surface area contributed by atoms with Crippen molar-refractivity contribution in [1.29, 1.82) is 0 Å². The van der Waals surface area contributed by atoms with Gasteiger partial charge in [0.05, 0.1) is 10.1 Å². The Bertz CT molecular complexity index is 456. The highest BCUT2D eigenvalue weighted by molar-refractivity contribution is 7.92. The number of benzene rings is 1. The molecule has 17 heavy (non-hydrogen) atoms. The van der Waals surface area contributed by atoms with Crippen molar-refractivity contribution in [3.63, 3.8) is 0 Å². The number of rotatable bonds is 2. The van der Waals surface area contributed by atoms with Gasteiger partial charge in [0.15, 0.2) is 9.84 Å². The molecule has 0 aromatic heterocycles. The van der Waals surface area contributed by atoms with Crippen LogP contribution in [-0.4, -0.2) is 13.7 Å². The molecular formula is C12H18F2O2S. The first-order valence-electron chi connectivity index (χ1n) is 5.46. The van der Waals surface area contributed by atoms with E-state index in [0.717, 1.165) is 12.1 Å². The maximum absolute atomic E-state index is 13.1. The molecule has 1 aromatic rings. The zero-order chi connectivity index (χ0) is 13.8. The number of hydrogen-bond acceptors (Lipinski definition) is 2. The average molecular weight is 264 g/mol. The first-order chi connectivity index (χ1) is 7.76. The zero-order valence-corrected chi connectivity index (χ0v) is 11.5. The van der Waals surface area contributed by atoms with Crippen molar-refractivity contribution >= 4 is 9.84 Å². The Labute approximate surface area is 102 Å². The summed E-state index contributed by atoms with van der Waals surface area (Å²) in [5.74, 6) is -1.68. The summed E-state index contributed by atoms with van der Waals surface area (Å²) in [4.78, 5) is -0.307. The van der Waals surface area contributed by atoms with E-state index >= 15 is 0 Å². The minimum atomic E-state index is -3.62. The zero-order valence-electron chi connectivity index (χ0n) is 10.7. The van der Waals surface area contributed by atoms with Gasteiger partial charge in [-0.3, -0.25) is 0 Å². The van der Waals surface area contributed by atoms with Gasteiger partial charge in [-0.25, -0.2) is 17.2 Å². The first kappa shape index (κ1) is 16.0. The second-order valence-electron chi connectivity index (χ2n) is 3.61. The van der Waals surface area contributed by atoms with Crippen LogP contribution < -0.4 is 0 Å². The van der Waals surface area contributed by atoms with Crippen LogP contribution in [0.15, 0.2) is 17.0 Å². The van der Waals surface area contributed by atoms with E-state index in [2.05, 4.69) is 0 Å². The molecule has 0 N–H and O–H groups in total. The van der Waals surface area contributed by atoms with E-state index in [9.17, 15) is 17.2 Å². The lowest BCUT2D eigenvalue weighted by Crippen LogP contribution is -2.14.